The highest BCUT2D eigenvalue weighted by Gasteiger charge is 2.37. The largest absolute Gasteiger partial charge is 0.383 e. The Balaban J connectivity index is 1.95. The summed E-state index contributed by atoms with van der Waals surface area (Å²) in [7, 11) is 1.63. The predicted octanol–water partition coefficient (Wildman–Crippen LogP) is 0.479. The summed E-state index contributed by atoms with van der Waals surface area (Å²) >= 11 is 0. The van der Waals surface area contributed by atoms with Crippen LogP contribution in [-0.4, -0.2) is 52.8 Å². The Bertz CT molecular complexity index is 486. The molecule has 110 valence electrons. The van der Waals surface area contributed by atoms with Crippen molar-refractivity contribution < 1.29 is 14.3 Å². The van der Waals surface area contributed by atoms with Gasteiger partial charge in [0.2, 0.25) is 5.91 Å². The highest BCUT2D eigenvalue weighted by atomic mass is 16.5. The predicted molar refractivity (Wildman–Crippen MR) is 73.1 cm³/mol. The van der Waals surface area contributed by atoms with Gasteiger partial charge in [0, 0.05) is 19.9 Å². The smallest absolute Gasteiger partial charge is 0.252 e. The lowest BCUT2D eigenvalue weighted by Crippen LogP contribution is -2.35. The Kier molecular flexibility index (Phi) is 4.73. The Morgan fingerprint density at radius 3 is 2.95 bits per heavy atom. The monoisotopic (exact) mass is 280 g/mol. The van der Waals surface area contributed by atoms with Crippen molar-refractivity contribution in [2.75, 3.05) is 25.6 Å². The first-order valence-corrected chi connectivity index (χ1v) is 6.77. The fourth-order valence-electron chi connectivity index (χ4n) is 2.20. The van der Waals surface area contributed by atoms with Gasteiger partial charge in [-0.1, -0.05) is 6.92 Å². The summed E-state index contributed by atoms with van der Waals surface area (Å²) in [6, 6.07) is -0.478. The van der Waals surface area contributed by atoms with Crippen molar-refractivity contribution in [1.82, 2.24) is 14.7 Å². The number of anilines is 1. The van der Waals surface area contributed by atoms with Crippen LogP contribution in [0.15, 0.2) is 12.4 Å². The van der Waals surface area contributed by atoms with Crippen molar-refractivity contribution in [2.45, 2.75) is 32.4 Å². The quantitative estimate of drug-likeness (QED) is 0.735. The zero-order valence-corrected chi connectivity index (χ0v) is 11.8. The number of aromatic nitrogens is 2. The minimum Gasteiger partial charge on any atom is -0.383 e. The number of hydrogen-bond acceptors (Lipinski definition) is 5. The summed E-state index contributed by atoms with van der Waals surface area (Å²) in [4.78, 5) is 25.2. The molecule has 0 saturated carbocycles. The van der Waals surface area contributed by atoms with Crippen LogP contribution in [0.2, 0.25) is 0 Å². The number of nitrogens with zero attached hydrogens (tertiary/aromatic N) is 3. The van der Waals surface area contributed by atoms with E-state index in [1.165, 1.54) is 4.90 Å². The highest BCUT2D eigenvalue weighted by Crippen LogP contribution is 2.18. The number of hydrogen-bond donors (Lipinski definition) is 1. The molecular formula is C13H20N4O3. The molecule has 0 radical (unpaired) electrons. The maximum Gasteiger partial charge on any atom is 0.252 e. The second-order valence-corrected chi connectivity index (χ2v) is 4.77. The molecule has 1 aromatic rings. The molecule has 1 atom stereocenters. The fraction of sp³-hybridized carbons (Fsp3) is 0.615. The fourth-order valence-corrected chi connectivity index (χ4v) is 2.20. The van der Waals surface area contributed by atoms with E-state index in [1.807, 2.05) is 6.92 Å². The molecule has 1 aliphatic heterocycles. The number of methoxy groups -OCH3 is 1. The van der Waals surface area contributed by atoms with Crippen LogP contribution in [0.5, 0.6) is 0 Å². The third kappa shape index (κ3) is 3.16. The molecule has 7 nitrogen and oxygen atoms in total. The molecule has 1 aliphatic rings. The van der Waals surface area contributed by atoms with Crippen molar-refractivity contribution in [2.24, 2.45) is 0 Å². The normalized spacial score (nSPS) is 18.9. The number of imide groups is 1. The summed E-state index contributed by atoms with van der Waals surface area (Å²) in [5.74, 6) is -0.261. The molecule has 1 aromatic heterocycles. The summed E-state index contributed by atoms with van der Waals surface area (Å²) < 4.78 is 6.71. The lowest BCUT2D eigenvalue weighted by Gasteiger charge is -2.14. The lowest BCUT2D eigenvalue weighted by molar-refractivity contribution is -0.138. The van der Waals surface area contributed by atoms with Gasteiger partial charge in [0.25, 0.3) is 5.91 Å². The summed E-state index contributed by atoms with van der Waals surface area (Å²) in [6.45, 7) is 3.66. The van der Waals surface area contributed by atoms with Crippen LogP contribution in [0.3, 0.4) is 0 Å². The first kappa shape index (κ1) is 14.5. The maximum absolute atomic E-state index is 12.1. The van der Waals surface area contributed by atoms with Gasteiger partial charge >= 0.3 is 0 Å². The number of ether oxygens (including phenoxy) is 1. The molecule has 0 bridgehead atoms. The average Bonchev–Trinajstić information content (AvgIpc) is 2.97. The summed E-state index contributed by atoms with van der Waals surface area (Å²) in [6.07, 6.45) is 4.44. The number of likely N-dealkylation sites (tertiary alicyclic amines) is 1. The second-order valence-electron chi connectivity index (χ2n) is 4.77. The molecule has 1 N–H and O–H groups in total. The van der Waals surface area contributed by atoms with Crippen LogP contribution in [-0.2, 0) is 20.9 Å². The van der Waals surface area contributed by atoms with Gasteiger partial charge < -0.3 is 10.1 Å². The molecular weight excluding hydrogens is 260 g/mol. The van der Waals surface area contributed by atoms with E-state index in [4.69, 9.17) is 4.74 Å². The SMILES string of the molecule is CCCN1C(=O)CC(Nc2cnn(CCOC)c2)C1=O. The van der Waals surface area contributed by atoms with Crippen LogP contribution in [0.4, 0.5) is 5.69 Å². The van der Waals surface area contributed by atoms with Crippen molar-refractivity contribution in [3.05, 3.63) is 12.4 Å². The third-order valence-corrected chi connectivity index (χ3v) is 3.19. The van der Waals surface area contributed by atoms with E-state index >= 15 is 0 Å². The molecule has 2 rings (SSSR count). The number of rotatable bonds is 7. The van der Waals surface area contributed by atoms with Gasteiger partial charge in [-0.2, -0.15) is 5.10 Å². The van der Waals surface area contributed by atoms with Crippen molar-refractivity contribution >= 4 is 17.5 Å². The van der Waals surface area contributed by atoms with Gasteiger partial charge in [0.05, 0.1) is 31.5 Å². The molecule has 0 aromatic carbocycles. The summed E-state index contributed by atoms with van der Waals surface area (Å²) in [5.41, 5.74) is 0.741. The first-order valence-electron chi connectivity index (χ1n) is 6.77. The van der Waals surface area contributed by atoms with Crippen LogP contribution in [0.1, 0.15) is 19.8 Å². The van der Waals surface area contributed by atoms with Gasteiger partial charge in [0.1, 0.15) is 6.04 Å². The number of amides is 2. The van der Waals surface area contributed by atoms with E-state index in [1.54, 1.807) is 24.2 Å². The molecule has 2 heterocycles. The number of carbonyl (C=O) groups is 2. The van der Waals surface area contributed by atoms with Crippen LogP contribution >= 0.6 is 0 Å². The second kappa shape index (κ2) is 6.51. The van der Waals surface area contributed by atoms with Gasteiger partial charge in [-0.3, -0.25) is 19.2 Å². The maximum atomic E-state index is 12.1. The Morgan fingerprint density at radius 1 is 1.45 bits per heavy atom. The van der Waals surface area contributed by atoms with Crippen LogP contribution < -0.4 is 5.32 Å². The number of carbonyl (C=O) groups excluding carboxylic acids is 2. The van der Waals surface area contributed by atoms with E-state index in [9.17, 15) is 9.59 Å². The molecule has 7 heteroatoms. The van der Waals surface area contributed by atoms with Gasteiger partial charge in [-0.25, -0.2) is 0 Å². The molecule has 0 aliphatic carbocycles. The number of nitrogens with one attached hydrogen (secondary N) is 1. The third-order valence-electron chi connectivity index (χ3n) is 3.19. The Labute approximate surface area is 117 Å². The molecule has 0 spiro atoms. The zero-order chi connectivity index (χ0) is 14.5. The minimum atomic E-state index is -0.478. The first-order chi connectivity index (χ1) is 9.65. The van der Waals surface area contributed by atoms with E-state index in [-0.39, 0.29) is 18.2 Å². The van der Waals surface area contributed by atoms with E-state index < -0.39 is 6.04 Å². The van der Waals surface area contributed by atoms with E-state index in [2.05, 4.69) is 10.4 Å². The highest BCUT2D eigenvalue weighted by molar-refractivity contribution is 6.06. The van der Waals surface area contributed by atoms with E-state index in [0.717, 1.165) is 12.1 Å². The standard InChI is InChI=1S/C13H20N4O3/c1-3-4-17-12(18)7-11(13(17)19)15-10-8-14-16(9-10)5-6-20-2/h8-9,11,15H,3-7H2,1-2H3. The van der Waals surface area contributed by atoms with Gasteiger partial charge in [-0.15, -0.1) is 0 Å². The van der Waals surface area contributed by atoms with Crippen LogP contribution in [0.25, 0.3) is 0 Å². The molecule has 1 unspecified atom stereocenters. The zero-order valence-electron chi connectivity index (χ0n) is 11.8. The Hall–Kier alpha value is -1.89. The minimum absolute atomic E-state index is 0.110. The molecule has 2 amide bonds. The molecule has 1 fully saturated rings. The molecule has 20 heavy (non-hydrogen) atoms. The van der Waals surface area contributed by atoms with Gasteiger partial charge in [-0.05, 0) is 6.42 Å². The lowest BCUT2D eigenvalue weighted by atomic mass is 10.2. The van der Waals surface area contributed by atoms with Crippen molar-refractivity contribution in [3.8, 4) is 0 Å². The van der Waals surface area contributed by atoms with Gasteiger partial charge in [0.15, 0.2) is 0 Å². The summed E-state index contributed by atoms with van der Waals surface area (Å²) in [5, 5.41) is 7.23. The molecule has 1 saturated heterocycles. The average molecular weight is 280 g/mol. The topological polar surface area (TPSA) is 76.5 Å². The Morgan fingerprint density at radius 2 is 2.25 bits per heavy atom. The van der Waals surface area contributed by atoms with Crippen LogP contribution in [0, 0.1) is 0 Å². The van der Waals surface area contributed by atoms with Crippen molar-refractivity contribution in [3.63, 3.8) is 0 Å². The van der Waals surface area contributed by atoms with E-state index in [0.29, 0.717) is 19.7 Å². The van der Waals surface area contributed by atoms with Crippen molar-refractivity contribution in [1.29, 1.82) is 0 Å².